The lowest BCUT2D eigenvalue weighted by atomic mass is 9.65. The van der Waals surface area contributed by atoms with Gasteiger partial charge in [0.1, 0.15) is 5.92 Å². The van der Waals surface area contributed by atoms with Gasteiger partial charge in [0.25, 0.3) is 0 Å². The molecule has 3 rings (SSSR count). The van der Waals surface area contributed by atoms with Crippen LogP contribution in [0.3, 0.4) is 0 Å². The first-order chi connectivity index (χ1) is 9.93. The predicted octanol–water partition coefficient (Wildman–Crippen LogP) is 2.71. The molecule has 2 unspecified atom stereocenters. The molecule has 0 radical (unpaired) electrons. The number of nitrogens with zero attached hydrogens (tertiary/aromatic N) is 1. The fourth-order valence-electron chi connectivity index (χ4n) is 4.35. The molecule has 1 N–H and O–H groups in total. The largest absolute Gasteiger partial charge is 0.328 e. The molecule has 4 heteroatoms. The number of carbonyl (C=O) groups is 2. The van der Waals surface area contributed by atoms with Gasteiger partial charge in [0.05, 0.1) is 6.07 Å². The Kier molecular flexibility index (Phi) is 3.39. The van der Waals surface area contributed by atoms with Crippen molar-refractivity contribution in [2.24, 2.45) is 23.2 Å². The second kappa shape index (κ2) is 4.98. The minimum atomic E-state index is -0.697. The molecule has 0 bridgehead atoms. The van der Waals surface area contributed by atoms with Crippen LogP contribution < -0.4 is 5.32 Å². The van der Waals surface area contributed by atoms with Crippen molar-refractivity contribution in [3.63, 3.8) is 0 Å². The molecule has 0 aromatic heterocycles. The summed E-state index contributed by atoms with van der Waals surface area (Å²) in [6, 6.07) is 2.16. The van der Waals surface area contributed by atoms with E-state index < -0.39 is 5.92 Å². The number of nitriles is 1. The summed E-state index contributed by atoms with van der Waals surface area (Å²) in [4.78, 5) is 24.9. The average Bonchev–Trinajstić information content (AvgIpc) is 2.88. The molecule has 3 aliphatic rings. The molecule has 4 nitrogen and oxygen atoms in total. The van der Waals surface area contributed by atoms with E-state index in [2.05, 4.69) is 25.2 Å². The summed E-state index contributed by atoms with van der Waals surface area (Å²) in [5, 5.41) is 12.3. The number of carbonyl (C=O) groups excluding carboxylic acids is 2. The van der Waals surface area contributed by atoms with E-state index in [1.165, 1.54) is 0 Å². The Balaban J connectivity index is 2.06. The second-order valence-electron chi connectivity index (χ2n) is 7.50. The SMILES string of the molecule is CC1(C)CC(=O)C2=C(C1)NC(=O)C(C#N)C2C1CCCC1. The van der Waals surface area contributed by atoms with Crippen LogP contribution in [0.4, 0.5) is 0 Å². The zero-order valence-corrected chi connectivity index (χ0v) is 12.7. The van der Waals surface area contributed by atoms with Crippen LogP contribution in [0.5, 0.6) is 0 Å². The number of Topliss-reactive ketones (excluding diaryl/α,β-unsaturated/α-hetero) is 1. The third-order valence-corrected chi connectivity index (χ3v) is 5.22. The Hall–Kier alpha value is -1.63. The Morgan fingerprint density at radius 1 is 1.19 bits per heavy atom. The van der Waals surface area contributed by atoms with Gasteiger partial charge in [-0.05, 0) is 30.6 Å². The molecule has 1 heterocycles. The average molecular weight is 286 g/mol. The molecule has 0 spiro atoms. The normalized spacial score (nSPS) is 32.6. The summed E-state index contributed by atoms with van der Waals surface area (Å²) < 4.78 is 0. The number of nitrogens with one attached hydrogen (secondary N) is 1. The van der Waals surface area contributed by atoms with E-state index in [1.54, 1.807) is 0 Å². The van der Waals surface area contributed by atoms with Gasteiger partial charge in [0, 0.05) is 23.6 Å². The first-order valence-electron chi connectivity index (χ1n) is 7.90. The molecule has 2 atom stereocenters. The number of allylic oxidation sites excluding steroid dienone is 2. The molecular weight excluding hydrogens is 264 g/mol. The standard InChI is InChI=1S/C17H22N2O2/c1-17(2)7-12-15(13(20)8-17)14(10-5-3-4-6-10)11(9-18)16(21)19-12/h10-11,14H,3-8H2,1-2H3,(H,19,21). The molecule has 0 aromatic rings. The Bertz CT molecular complexity index is 562. The maximum Gasteiger partial charge on any atom is 0.242 e. The zero-order chi connectivity index (χ0) is 15.2. The molecule has 1 aliphatic heterocycles. The van der Waals surface area contributed by atoms with Crippen LogP contribution in [-0.2, 0) is 9.59 Å². The smallest absolute Gasteiger partial charge is 0.242 e. The summed E-state index contributed by atoms with van der Waals surface area (Å²) in [5.74, 6) is -0.630. The molecule has 0 saturated heterocycles. The number of amides is 1. The van der Waals surface area contributed by atoms with Crippen molar-refractivity contribution in [3.8, 4) is 6.07 Å². The second-order valence-corrected chi connectivity index (χ2v) is 7.50. The highest BCUT2D eigenvalue weighted by Gasteiger charge is 2.48. The number of ketones is 1. The highest BCUT2D eigenvalue weighted by Crippen LogP contribution is 2.47. The van der Waals surface area contributed by atoms with Crippen LogP contribution in [0.1, 0.15) is 52.4 Å². The van der Waals surface area contributed by atoms with E-state index in [0.717, 1.165) is 43.4 Å². The molecule has 2 aliphatic carbocycles. The summed E-state index contributed by atoms with van der Waals surface area (Å²) in [6.07, 6.45) is 5.59. The van der Waals surface area contributed by atoms with Gasteiger partial charge in [0.15, 0.2) is 5.78 Å². The molecule has 112 valence electrons. The van der Waals surface area contributed by atoms with Gasteiger partial charge in [-0.25, -0.2) is 0 Å². The van der Waals surface area contributed by atoms with Crippen molar-refractivity contribution in [1.29, 1.82) is 5.26 Å². The van der Waals surface area contributed by atoms with E-state index in [-0.39, 0.29) is 23.0 Å². The number of rotatable bonds is 1. The molecule has 1 saturated carbocycles. The lowest BCUT2D eigenvalue weighted by Crippen LogP contribution is -2.48. The maximum absolute atomic E-state index is 12.7. The van der Waals surface area contributed by atoms with Gasteiger partial charge in [-0.2, -0.15) is 5.26 Å². The number of hydrogen-bond acceptors (Lipinski definition) is 3. The monoisotopic (exact) mass is 286 g/mol. The first kappa shape index (κ1) is 14.3. The predicted molar refractivity (Wildman–Crippen MR) is 77.7 cm³/mol. The molecule has 0 aromatic carbocycles. The van der Waals surface area contributed by atoms with Crippen LogP contribution in [0.15, 0.2) is 11.3 Å². The van der Waals surface area contributed by atoms with E-state index in [1.807, 2.05) is 0 Å². The van der Waals surface area contributed by atoms with Crippen molar-refractivity contribution in [2.75, 3.05) is 0 Å². The van der Waals surface area contributed by atoms with E-state index >= 15 is 0 Å². The molecule has 21 heavy (non-hydrogen) atoms. The van der Waals surface area contributed by atoms with Gasteiger partial charge < -0.3 is 5.32 Å². The van der Waals surface area contributed by atoms with Crippen molar-refractivity contribution >= 4 is 11.7 Å². The minimum absolute atomic E-state index is 0.108. The van der Waals surface area contributed by atoms with Crippen molar-refractivity contribution in [3.05, 3.63) is 11.3 Å². The number of hydrogen-bond donors (Lipinski definition) is 1. The van der Waals surface area contributed by atoms with Crippen LogP contribution >= 0.6 is 0 Å². The summed E-state index contributed by atoms with van der Waals surface area (Å²) in [6.45, 7) is 4.11. The van der Waals surface area contributed by atoms with E-state index in [4.69, 9.17) is 0 Å². The first-order valence-corrected chi connectivity index (χ1v) is 7.90. The molecule has 1 fully saturated rings. The highest BCUT2D eigenvalue weighted by atomic mass is 16.2. The third kappa shape index (κ3) is 2.39. The van der Waals surface area contributed by atoms with Crippen LogP contribution in [-0.4, -0.2) is 11.7 Å². The van der Waals surface area contributed by atoms with Gasteiger partial charge in [-0.1, -0.05) is 26.7 Å². The van der Waals surface area contributed by atoms with E-state index in [9.17, 15) is 14.9 Å². The zero-order valence-electron chi connectivity index (χ0n) is 12.7. The fraction of sp³-hybridized carbons (Fsp3) is 0.706. The van der Waals surface area contributed by atoms with Gasteiger partial charge >= 0.3 is 0 Å². The summed E-state index contributed by atoms with van der Waals surface area (Å²) in [7, 11) is 0. The van der Waals surface area contributed by atoms with E-state index in [0.29, 0.717) is 12.3 Å². The van der Waals surface area contributed by atoms with Crippen molar-refractivity contribution in [2.45, 2.75) is 52.4 Å². The van der Waals surface area contributed by atoms with Crippen LogP contribution in [0.2, 0.25) is 0 Å². The molecular formula is C17H22N2O2. The Labute approximate surface area is 125 Å². The Morgan fingerprint density at radius 2 is 1.86 bits per heavy atom. The van der Waals surface area contributed by atoms with Crippen molar-refractivity contribution in [1.82, 2.24) is 5.32 Å². The minimum Gasteiger partial charge on any atom is -0.328 e. The topological polar surface area (TPSA) is 70.0 Å². The maximum atomic E-state index is 12.7. The van der Waals surface area contributed by atoms with Crippen LogP contribution in [0.25, 0.3) is 0 Å². The van der Waals surface area contributed by atoms with Gasteiger partial charge in [-0.15, -0.1) is 0 Å². The van der Waals surface area contributed by atoms with Crippen molar-refractivity contribution < 1.29 is 9.59 Å². The van der Waals surface area contributed by atoms with Gasteiger partial charge in [-0.3, -0.25) is 9.59 Å². The van der Waals surface area contributed by atoms with Gasteiger partial charge in [0.2, 0.25) is 5.91 Å². The fourth-order valence-corrected chi connectivity index (χ4v) is 4.35. The highest BCUT2D eigenvalue weighted by molar-refractivity contribution is 6.01. The molecule has 1 amide bonds. The third-order valence-electron chi connectivity index (χ3n) is 5.22. The lowest BCUT2D eigenvalue weighted by Gasteiger charge is -2.41. The van der Waals surface area contributed by atoms with Crippen LogP contribution in [0, 0.1) is 34.5 Å². The summed E-state index contributed by atoms with van der Waals surface area (Å²) >= 11 is 0. The quantitative estimate of drug-likeness (QED) is 0.805. The Morgan fingerprint density at radius 3 is 2.48 bits per heavy atom. The lowest BCUT2D eigenvalue weighted by molar-refractivity contribution is -0.126. The summed E-state index contributed by atoms with van der Waals surface area (Å²) in [5.41, 5.74) is 1.46.